The molecule has 0 heterocycles. The average Bonchev–Trinajstić information content (AvgIpc) is 2.72. The lowest BCUT2D eigenvalue weighted by atomic mass is 10.1. The van der Waals surface area contributed by atoms with Crippen LogP contribution in [0, 0.1) is 15.9 Å². The van der Waals surface area contributed by atoms with Gasteiger partial charge < -0.3 is 15.8 Å². The molecule has 3 rings (SSSR count). The zero-order valence-electron chi connectivity index (χ0n) is 15.3. The Bertz CT molecular complexity index is 1040. The second kappa shape index (κ2) is 8.83. The highest BCUT2D eigenvalue weighted by molar-refractivity contribution is 5.93. The first-order valence-corrected chi connectivity index (χ1v) is 8.70. The van der Waals surface area contributed by atoms with E-state index in [0.29, 0.717) is 17.0 Å². The van der Waals surface area contributed by atoms with Crippen LogP contribution in [0.1, 0.15) is 21.5 Å². The number of anilines is 1. The van der Waals surface area contributed by atoms with Crippen molar-refractivity contribution in [3.05, 3.63) is 99.4 Å². The Kier molecular flexibility index (Phi) is 6.03. The van der Waals surface area contributed by atoms with Crippen molar-refractivity contribution < 1.29 is 18.8 Å². The van der Waals surface area contributed by atoms with Crippen molar-refractivity contribution in [3.8, 4) is 5.75 Å². The van der Waals surface area contributed by atoms with E-state index in [9.17, 15) is 19.3 Å². The number of nitrogens with two attached hydrogens (primary N) is 1. The Labute approximate surface area is 166 Å². The number of nitrogens with one attached hydrogen (secondary N) is 1. The number of carbonyl (C=O) groups excluding carboxylic acids is 1. The Morgan fingerprint density at radius 2 is 1.86 bits per heavy atom. The highest BCUT2D eigenvalue weighted by Crippen LogP contribution is 2.23. The molecule has 8 heteroatoms. The monoisotopic (exact) mass is 395 g/mol. The fourth-order valence-corrected chi connectivity index (χ4v) is 2.68. The van der Waals surface area contributed by atoms with Gasteiger partial charge in [-0.15, -0.1) is 0 Å². The Balaban J connectivity index is 1.67. The smallest absolute Gasteiger partial charge is 0.275 e. The normalized spacial score (nSPS) is 10.4. The van der Waals surface area contributed by atoms with E-state index >= 15 is 0 Å². The van der Waals surface area contributed by atoms with Gasteiger partial charge in [-0.1, -0.05) is 18.2 Å². The number of halogens is 1. The molecule has 0 saturated heterocycles. The molecule has 0 saturated carbocycles. The maximum atomic E-state index is 13.0. The van der Waals surface area contributed by atoms with Crippen LogP contribution in [0.3, 0.4) is 0 Å². The molecule has 3 N–H and O–H groups in total. The summed E-state index contributed by atoms with van der Waals surface area (Å²) in [7, 11) is 0. The van der Waals surface area contributed by atoms with Crippen molar-refractivity contribution in [1.29, 1.82) is 0 Å². The lowest BCUT2D eigenvalue weighted by Gasteiger charge is -2.11. The molecule has 3 aromatic carbocycles. The third kappa shape index (κ3) is 5.29. The number of nitro benzene ring substituents is 1. The van der Waals surface area contributed by atoms with E-state index in [-0.39, 0.29) is 30.2 Å². The Morgan fingerprint density at radius 3 is 2.55 bits per heavy atom. The molecule has 0 bridgehead atoms. The van der Waals surface area contributed by atoms with E-state index in [1.165, 1.54) is 30.3 Å². The molecule has 0 aliphatic carbocycles. The van der Waals surface area contributed by atoms with Crippen molar-refractivity contribution >= 4 is 17.3 Å². The molecule has 0 aliphatic rings. The summed E-state index contributed by atoms with van der Waals surface area (Å²) in [6, 6.07) is 17.3. The van der Waals surface area contributed by atoms with Crippen LogP contribution in [0.4, 0.5) is 15.8 Å². The molecule has 7 nitrogen and oxygen atoms in total. The van der Waals surface area contributed by atoms with E-state index in [2.05, 4.69) is 5.32 Å². The first-order chi connectivity index (χ1) is 13.9. The van der Waals surface area contributed by atoms with E-state index in [1.54, 1.807) is 36.4 Å². The van der Waals surface area contributed by atoms with Gasteiger partial charge in [0.15, 0.2) is 0 Å². The van der Waals surface area contributed by atoms with Crippen LogP contribution >= 0.6 is 0 Å². The Morgan fingerprint density at radius 1 is 1.10 bits per heavy atom. The average molecular weight is 395 g/mol. The SMILES string of the molecule is NC(=O)c1ccc(CNc2cccc(OCc3ccc(F)cc3)c2)c([N+](=O)[O-])c1. The fourth-order valence-electron chi connectivity index (χ4n) is 2.68. The Hall–Kier alpha value is -3.94. The zero-order chi connectivity index (χ0) is 20.8. The molecular weight excluding hydrogens is 377 g/mol. The molecule has 0 atom stereocenters. The largest absolute Gasteiger partial charge is 0.489 e. The number of hydrogen-bond donors (Lipinski definition) is 2. The second-order valence-electron chi connectivity index (χ2n) is 6.26. The number of rotatable bonds is 8. The lowest BCUT2D eigenvalue weighted by Crippen LogP contribution is -2.12. The minimum absolute atomic E-state index is 0.0802. The van der Waals surface area contributed by atoms with Crippen LogP contribution in [-0.2, 0) is 13.2 Å². The number of nitro groups is 1. The van der Waals surface area contributed by atoms with E-state index in [4.69, 9.17) is 10.5 Å². The predicted octanol–water partition coefficient (Wildman–Crippen LogP) is 4.02. The molecule has 0 spiro atoms. The quantitative estimate of drug-likeness (QED) is 0.442. The zero-order valence-corrected chi connectivity index (χ0v) is 15.3. The van der Waals surface area contributed by atoms with Crippen LogP contribution in [0.2, 0.25) is 0 Å². The number of primary amides is 1. The molecule has 0 aromatic heterocycles. The highest BCUT2D eigenvalue weighted by Gasteiger charge is 2.16. The first kappa shape index (κ1) is 19.8. The predicted molar refractivity (Wildman–Crippen MR) is 106 cm³/mol. The van der Waals surface area contributed by atoms with Gasteiger partial charge in [0, 0.05) is 35.5 Å². The maximum absolute atomic E-state index is 13.0. The van der Waals surface area contributed by atoms with E-state index in [1.807, 2.05) is 0 Å². The van der Waals surface area contributed by atoms with Crippen LogP contribution < -0.4 is 15.8 Å². The van der Waals surface area contributed by atoms with Crippen molar-refractivity contribution in [3.63, 3.8) is 0 Å². The van der Waals surface area contributed by atoms with Gasteiger partial charge in [-0.05, 0) is 42.0 Å². The molecule has 29 heavy (non-hydrogen) atoms. The minimum Gasteiger partial charge on any atom is -0.489 e. The van der Waals surface area contributed by atoms with Crippen molar-refractivity contribution in [2.24, 2.45) is 5.73 Å². The van der Waals surface area contributed by atoms with Crippen molar-refractivity contribution in [1.82, 2.24) is 0 Å². The summed E-state index contributed by atoms with van der Waals surface area (Å²) in [6.45, 7) is 0.459. The van der Waals surface area contributed by atoms with Crippen LogP contribution in [0.15, 0.2) is 66.7 Å². The van der Waals surface area contributed by atoms with Crippen molar-refractivity contribution in [2.75, 3.05) is 5.32 Å². The van der Waals surface area contributed by atoms with Gasteiger partial charge in [0.05, 0.1) is 4.92 Å². The van der Waals surface area contributed by atoms with Gasteiger partial charge in [-0.25, -0.2) is 4.39 Å². The molecule has 1 amide bonds. The van der Waals surface area contributed by atoms with Crippen LogP contribution in [0.5, 0.6) is 5.75 Å². The molecule has 0 unspecified atom stereocenters. The number of carbonyl (C=O) groups is 1. The summed E-state index contributed by atoms with van der Waals surface area (Å²) < 4.78 is 18.7. The maximum Gasteiger partial charge on any atom is 0.275 e. The summed E-state index contributed by atoms with van der Waals surface area (Å²) in [5.74, 6) is -0.436. The topological polar surface area (TPSA) is 107 Å². The summed E-state index contributed by atoms with van der Waals surface area (Å²) in [5, 5.41) is 14.4. The molecular formula is C21H18FN3O4. The number of amides is 1. The summed E-state index contributed by atoms with van der Waals surface area (Å²) in [6.07, 6.45) is 0. The minimum atomic E-state index is -0.724. The molecule has 148 valence electrons. The fraction of sp³-hybridized carbons (Fsp3) is 0.0952. The first-order valence-electron chi connectivity index (χ1n) is 8.70. The van der Waals surface area contributed by atoms with Crippen molar-refractivity contribution in [2.45, 2.75) is 13.2 Å². The number of hydrogen-bond acceptors (Lipinski definition) is 5. The standard InChI is InChI=1S/C21H18FN3O4/c22-17-8-4-14(5-9-17)13-29-19-3-1-2-18(11-19)24-12-16-7-6-15(21(23)26)10-20(16)25(27)28/h1-11,24H,12-13H2,(H2,23,26). The summed E-state index contributed by atoms with van der Waals surface area (Å²) in [5.41, 5.74) is 7.03. The molecule has 0 aliphatic heterocycles. The van der Waals surface area contributed by atoms with Gasteiger partial charge in [-0.3, -0.25) is 14.9 Å². The molecule has 3 aromatic rings. The summed E-state index contributed by atoms with van der Waals surface area (Å²) in [4.78, 5) is 22.0. The third-order valence-electron chi connectivity index (χ3n) is 4.20. The van der Waals surface area contributed by atoms with Gasteiger partial charge in [0.2, 0.25) is 5.91 Å². The number of nitrogens with zero attached hydrogens (tertiary/aromatic N) is 1. The van der Waals surface area contributed by atoms with Gasteiger partial charge in [0.1, 0.15) is 18.2 Å². The second-order valence-corrected chi connectivity index (χ2v) is 6.26. The molecule has 0 fully saturated rings. The van der Waals surface area contributed by atoms with E-state index < -0.39 is 10.8 Å². The van der Waals surface area contributed by atoms with E-state index in [0.717, 1.165) is 5.56 Å². The summed E-state index contributed by atoms with van der Waals surface area (Å²) >= 11 is 0. The van der Waals surface area contributed by atoms with Crippen LogP contribution in [-0.4, -0.2) is 10.8 Å². The number of ether oxygens (including phenoxy) is 1. The highest BCUT2D eigenvalue weighted by atomic mass is 19.1. The van der Waals surface area contributed by atoms with Gasteiger partial charge in [0.25, 0.3) is 5.69 Å². The van der Waals surface area contributed by atoms with Gasteiger partial charge >= 0.3 is 0 Å². The van der Waals surface area contributed by atoms with Crippen LogP contribution in [0.25, 0.3) is 0 Å². The third-order valence-corrected chi connectivity index (χ3v) is 4.20. The van der Waals surface area contributed by atoms with Gasteiger partial charge in [-0.2, -0.15) is 0 Å². The molecule has 0 radical (unpaired) electrons. The lowest BCUT2D eigenvalue weighted by molar-refractivity contribution is -0.385. The number of benzene rings is 3.